The molecule has 4 nitrogen and oxygen atoms in total. The molecule has 1 aromatic carbocycles. The van der Waals surface area contributed by atoms with Crippen LogP contribution in [0, 0.1) is 10.1 Å². The van der Waals surface area contributed by atoms with Gasteiger partial charge in [0.15, 0.2) is 0 Å². The van der Waals surface area contributed by atoms with Crippen LogP contribution in [-0.4, -0.2) is 11.5 Å². The number of nitro groups is 1. The zero-order valence-corrected chi connectivity index (χ0v) is 8.88. The molecule has 88 valence electrons. The monoisotopic (exact) mass is 250 g/mol. The second-order valence-corrected chi connectivity index (χ2v) is 3.57. The Balaban J connectivity index is 3.10. The van der Waals surface area contributed by atoms with Crippen molar-refractivity contribution in [1.82, 2.24) is 0 Å². The Bertz CT molecular complexity index is 412. The van der Waals surface area contributed by atoms with Crippen molar-refractivity contribution in [3.8, 4) is 0 Å². The highest BCUT2D eigenvalue weighted by molar-refractivity contribution is 6.32. The highest BCUT2D eigenvalue weighted by Crippen LogP contribution is 2.35. The zero-order chi connectivity index (χ0) is 12.3. The number of nitrogens with two attached hydrogens (primary N) is 1. The van der Waals surface area contributed by atoms with Crippen molar-refractivity contribution >= 4 is 17.3 Å². The Labute approximate surface area is 95.2 Å². The minimum absolute atomic E-state index is 0.179. The van der Waals surface area contributed by atoms with E-state index in [0.29, 0.717) is 0 Å². The van der Waals surface area contributed by atoms with Gasteiger partial charge >= 0.3 is 0 Å². The Morgan fingerprint density at radius 1 is 1.50 bits per heavy atom. The van der Waals surface area contributed by atoms with Crippen molar-refractivity contribution in [3.63, 3.8) is 0 Å². The third-order valence-electron chi connectivity index (χ3n) is 2.03. The molecule has 0 aliphatic rings. The maximum absolute atomic E-state index is 13.4. The van der Waals surface area contributed by atoms with E-state index in [1.54, 1.807) is 0 Å². The van der Waals surface area contributed by atoms with Gasteiger partial charge in [0, 0.05) is 18.1 Å². The van der Waals surface area contributed by atoms with Crippen LogP contribution in [0.4, 0.5) is 14.5 Å². The minimum atomic E-state index is -3.12. The molecule has 0 aromatic heterocycles. The molecule has 0 aliphatic heterocycles. The van der Waals surface area contributed by atoms with Gasteiger partial charge < -0.3 is 5.73 Å². The third kappa shape index (κ3) is 2.65. The van der Waals surface area contributed by atoms with Gasteiger partial charge in [-0.25, -0.2) is 8.78 Å². The van der Waals surface area contributed by atoms with Gasteiger partial charge in [-0.15, -0.1) is 0 Å². The number of benzene rings is 1. The number of alkyl halides is 2. The predicted molar refractivity (Wildman–Crippen MR) is 55.7 cm³/mol. The number of hydrogen-bond donors (Lipinski definition) is 1. The highest BCUT2D eigenvalue weighted by atomic mass is 35.5. The molecular formula is C9H9ClF2N2O2. The summed E-state index contributed by atoms with van der Waals surface area (Å²) >= 11 is 5.52. The lowest BCUT2D eigenvalue weighted by atomic mass is 10.1. The highest BCUT2D eigenvalue weighted by Gasteiger charge is 2.31. The van der Waals surface area contributed by atoms with Crippen LogP contribution < -0.4 is 5.73 Å². The van der Waals surface area contributed by atoms with E-state index in [2.05, 4.69) is 0 Å². The van der Waals surface area contributed by atoms with Crippen molar-refractivity contribution < 1.29 is 13.7 Å². The molecule has 0 unspecified atom stereocenters. The number of rotatable bonds is 4. The van der Waals surface area contributed by atoms with Gasteiger partial charge in [-0.1, -0.05) is 11.6 Å². The average molecular weight is 251 g/mol. The van der Waals surface area contributed by atoms with Gasteiger partial charge in [0.2, 0.25) is 0 Å². The second-order valence-electron chi connectivity index (χ2n) is 3.17. The van der Waals surface area contributed by atoms with E-state index in [1.807, 2.05) is 0 Å². The lowest BCUT2D eigenvalue weighted by Gasteiger charge is -2.15. The molecule has 16 heavy (non-hydrogen) atoms. The maximum Gasteiger partial charge on any atom is 0.287 e. The molecule has 0 bridgehead atoms. The lowest BCUT2D eigenvalue weighted by molar-refractivity contribution is -0.384. The van der Waals surface area contributed by atoms with Crippen LogP contribution in [0.5, 0.6) is 0 Å². The Morgan fingerprint density at radius 3 is 2.56 bits per heavy atom. The summed E-state index contributed by atoms with van der Waals surface area (Å²) in [6, 6.07) is 2.84. The van der Waals surface area contributed by atoms with Crippen LogP contribution >= 0.6 is 11.6 Å². The molecule has 0 fully saturated rings. The van der Waals surface area contributed by atoms with Gasteiger partial charge in [-0.2, -0.15) is 0 Å². The predicted octanol–water partition coefficient (Wildman–Crippen LogP) is 2.69. The van der Waals surface area contributed by atoms with Crippen LogP contribution in [0.25, 0.3) is 0 Å². The molecule has 0 aliphatic carbocycles. The first-order valence-corrected chi connectivity index (χ1v) is 4.78. The lowest BCUT2D eigenvalue weighted by Crippen LogP contribution is -2.18. The van der Waals surface area contributed by atoms with Crippen LogP contribution in [0.15, 0.2) is 18.2 Å². The van der Waals surface area contributed by atoms with Crippen molar-refractivity contribution in [2.24, 2.45) is 5.73 Å². The molecule has 2 N–H and O–H groups in total. The molecule has 0 spiro atoms. The van der Waals surface area contributed by atoms with Gasteiger partial charge in [0.1, 0.15) is 5.02 Å². The summed E-state index contributed by atoms with van der Waals surface area (Å²) in [4.78, 5) is 9.69. The first-order valence-electron chi connectivity index (χ1n) is 4.41. The quantitative estimate of drug-likeness (QED) is 0.660. The summed E-state index contributed by atoms with van der Waals surface area (Å²) < 4.78 is 26.7. The molecule has 1 rings (SSSR count). The van der Waals surface area contributed by atoms with Crippen molar-refractivity contribution in [2.45, 2.75) is 12.3 Å². The third-order valence-corrected chi connectivity index (χ3v) is 2.33. The standard InChI is InChI=1S/C9H9ClF2N2O2/c10-7-5-6(9(11,12)3-4-13)1-2-8(7)14(15)16/h1-2,5H,3-4,13H2. The molecule has 0 atom stereocenters. The molecule has 0 radical (unpaired) electrons. The van der Waals surface area contributed by atoms with E-state index < -0.39 is 23.0 Å². The van der Waals surface area contributed by atoms with Crippen molar-refractivity contribution in [1.29, 1.82) is 0 Å². The fourth-order valence-corrected chi connectivity index (χ4v) is 1.46. The van der Waals surface area contributed by atoms with E-state index in [-0.39, 0.29) is 17.1 Å². The average Bonchev–Trinajstić information content (AvgIpc) is 2.16. The first kappa shape index (κ1) is 12.8. The molecular weight excluding hydrogens is 242 g/mol. The van der Waals surface area contributed by atoms with Gasteiger partial charge in [0.25, 0.3) is 11.6 Å². The molecule has 7 heteroatoms. The van der Waals surface area contributed by atoms with Crippen LogP contribution in [0.3, 0.4) is 0 Å². The Kier molecular flexibility index (Phi) is 3.77. The second kappa shape index (κ2) is 4.71. The minimum Gasteiger partial charge on any atom is -0.330 e. The largest absolute Gasteiger partial charge is 0.330 e. The molecule has 0 saturated carbocycles. The first-order chi connectivity index (χ1) is 7.38. The van der Waals surface area contributed by atoms with Gasteiger partial charge in [0.05, 0.1) is 4.92 Å². The number of hydrogen-bond acceptors (Lipinski definition) is 3. The number of nitrogens with zero attached hydrogens (tertiary/aromatic N) is 1. The van der Waals surface area contributed by atoms with E-state index in [0.717, 1.165) is 18.2 Å². The van der Waals surface area contributed by atoms with Gasteiger partial charge in [-0.05, 0) is 18.7 Å². The summed E-state index contributed by atoms with van der Waals surface area (Å²) in [6.07, 6.45) is -0.527. The summed E-state index contributed by atoms with van der Waals surface area (Å²) in [5.74, 6) is -3.12. The van der Waals surface area contributed by atoms with Crippen molar-refractivity contribution in [2.75, 3.05) is 6.54 Å². The SMILES string of the molecule is NCCC(F)(F)c1ccc([N+](=O)[O-])c(Cl)c1. The van der Waals surface area contributed by atoms with Gasteiger partial charge in [-0.3, -0.25) is 10.1 Å². The summed E-state index contributed by atoms with van der Waals surface area (Å²) in [7, 11) is 0. The number of nitro benzene ring substituents is 1. The molecule has 0 saturated heterocycles. The normalized spacial score (nSPS) is 11.5. The fraction of sp³-hybridized carbons (Fsp3) is 0.333. The number of halogens is 3. The smallest absolute Gasteiger partial charge is 0.287 e. The zero-order valence-electron chi connectivity index (χ0n) is 8.12. The maximum atomic E-state index is 13.4. The molecule has 1 aromatic rings. The fourth-order valence-electron chi connectivity index (χ4n) is 1.21. The van der Waals surface area contributed by atoms with Crippen LogP contribution in [0.1, 0.15) is 12.0 Å². The summed E-state index contributed by atoms with van der Waals surface area (Å²) in [5, 5.41) is 10.1. The Morgan fingerprint density at radius 2 is 2.12 bits per heavy atom. The van der Waals surface area contributed by atoms with Crippen molar-refractivity contribution in [3.05, 3.63) is 38.9 Å². The van der Waals surface area contributed by atoms with Crippen LogP contribution in [-0.2, 0) is 5.92 Å². The summed E-state index contributed by atoms with van der Waals surface area (Å²) in [6.45, 7) is -0.179. The van der Waals surface area contributed by atoms with E-state index >= 15 is 0 Å². The van der Waals surface area contributed by atoms with E-state index in [9.17, 15) is 18.9 Å². The van der Waals surface area contributed by atoms with Crippen LogP contribution in [0.2, 0.25) is 5.02 Å². The molecule has 0 heterocycles. The molecule has 0 amide bonds. The van der Waals surface area contributed by atoms with E-state index in [1.165, 1.54) is 0 Å². The van der Waals surface area contributed by atoms with E-state index in [4.69, 9.17) is 17.3 Å². The topological polar surface area (TPSA) is 69.2 Å². The Hall–Kier alpha value is -1.27. The summed E-state index contributed by atoms with van der Waals surface area (Å²) in [5.41, 5.74) is 4.29.